The second-order valence-electron chi connectivity index (χ2n) is 10.2. The summed E-state index contributed by atoms with van der Waals surface area (Å²) in [5, 5.41) is 9.15. The fourth-order valence-electron chi connectivity index (χ4n) is 5.95. The minimum absolute atomic E-state index is 0.0159. The van der Waals surface area contributed by atoms with Gasteiger partial charge in [0.2, 0.25) is 0 Å². The number of fused-ring (bicyclic) bond motifs is 2. The van der Waals surface area contributed by atoms with Gasteiger partial charge in [-0.05, 0) is 62.6 Å². The van der Waals surface area contributed by atoms with Crippen LogP contribution in [-0.4, -0.2) is 44.2 Å². The summed E-state index contributed by atoms with van der Waals surface area (Å²) >= 11 is 0. The summed E-state index contributed by atoms with van der Waals surface area (Å²) in [5.74, 6) is 0.102. The number of piperidine rings is 1. The van der Waals surface area contributed by atoms with Crippen molar-refractivity contribution < 1.29 is 27.8 Å². The SMILES string of the molecule is O=C(O)c1ccc(N2C3CCC2CC(OCc2c(-c4cccnc4C(F)(F)F)c[nH]c2C2CC2)C3)nc1. The highest BCUT2D eigenvalue weighted by atomic mass is 19.4. The number of carboxylic acids is 1. The van der Waals surface area contributed by atoms with E-state index in [0.717, 1.165) is 55.6 Å². The van der Waals surface area contributed by atoms with Gasteiger partial charge in [-0.2, -0.15) is 13.2 Å². The third kappa shape index (κ3) is 4.58. The van der Waals surface area contributed by atoms with E-state index >= 15 is 0 Å². The van der Waals surface area contributed by atoms with E-state index in [1.165, 1.54) is 24.5 Å². The molecule has 1 saturated carbocycles. The second kappa shape index (κ2) is 9.16. The first-order valence-corrected chi connectivity index (χ1v) is 12.6. The number of nitrogens with one attached hydrogen (secondary N) is 1. The molecule has 37 heavy (non-hydrogen) atoms. The van der Waals surface area contributed by atoms with E-state index in [1.54, 1.807) is 18.3 Å². The van der Waals surface area contributed by atoms with Gasteiger partial charge in [-0.1, -0.05) is 6.07 Å². The molecule has 2 N–H and O–H groups in total. The molecule has 2 unspecified atom stereocenters. The average molecular weight is 513 g/mol. The number of carboxylic acid groups (broad SMARTS) is 1. The summed E-state index contributed by atoms with van der Waals surface area (Å²) < 4.78 is 47.5. The Bertz CT molecular complexity index is 1290. The Morgan fingerprint density at radius 1 is 1.08 bits per heavy atom. The molecule has 0 aromatic carbocycles. The lowest BCUT2D eigenvalue weighted by Crippen LogP contribution is -2.46. The van der Waals surface area contributed by atoms with Crippen molar-refractivity contribution in [3.8, 4) is 11.1 Å². The van der Waals surface area contributed by atoms with E-state index in [1.807, 2.05) is 0 Å². The van der Waals surface area contributed by atoms with Crippen LogP contribution < -0.4 is 4.90 Å². The van der Waals surface area contributed by atoms with E-state index in [-0.39, 0.29) is 35.9 Å². The van der Waals surface area contributed by atoms with E-state index in [4.69, 9.17) is 9.84 Å². The van der Waals surface area contributed by atoms with Crippen LogP contribution in [0.4, 0.5) is 19.0 Å². The van der Waals surface area contributed by atoms with Crippen molar-refractivity contribution in [2.24, 2.45) is 0 Å². The fourth-order valence-corrected chi connectivity index (χ4v) is 5.95. The number of aromatic amines is 1. The van der Waals surface area contributed by atoms with Gasteiger partial charge >= 0.3 is 12.1 Å². The highest BCUT2D eigenvalue weighted by molar-refractivity contribution is 5.87. The quantitative estimate of drug-likeness (QED) is 0.417. The Labute approximate surface area is 211 Å². The maximum Gasteiger partial charge on any atom is 0.433 e. The number of hydrogen-bond donors (Lipinski definition) is 2. The van der Waals surface area contributed by atoms with E-state index in [0.29, 0.717) is 11.5 Å². The van der Waals surface area contributed by atoms with Crippen LogP contribution in [-0.2, 0) is 17.5 Å². The Kier molecular flexibility index (Phi) is 5.94. The van der Waals surface area contributed by atoms with Crippen LogP contribution in [0.1, 0.15) is 71.8 Å². The van der Waals surface area contributed by atoms with Crippen molar-refractivity contribution in [1.29, 1.82) is 0 Å². The number of ether oxygens (including phenoxy) is 1. The molecule has 5 heterocycles. The van der Waals surface area contributed by atoms with Crippen LogP contribution in [0.5, 0.6) is 0 Å². The van der Waals surface area contributed by atoms with Crippen LogP contribution in [0, 0.1) is 0 Å². The number of carbonyl (C=O) groups is 1. The summed E-state index contributed by atoms with van der Waals surface area (Å²) in [6.45, 7) is 0.243. The van der Waals surface area contributed by atoms with Gasteiger partial charge in [-0.25, -0.2) is 9.78 Å². The van der Waals surface area contributed by atoms with Crippen molar-refractivity contribution in [2.75, 3.05) is 4.90 Å². The molecule has 2 aliphatic heterocycles. The number of pyridine rings is 2. The lowest BCUT2D eigenvalue weighted by Gasteiger charge is -2.39. The van der Waals surface area contributed by atoms with Crippen molar-refractivity contribution in [3.63, 3.8) is 0 Å². The van der Waals surface area contributed by atoms with Crippen molar-refractivity contribution in [3.05, 3.63) is 65.4 Å². The summed E-state index contributed by atoms with van der Waals surface area (Å²) in [5.41, 5.74) is 1.61. The molecule has 2 saturated heterocycles. The molecule has 2 bridgehead atoms. The monoisotopic (exact) mass is 512 g/mol. The fraction of sp³-hybridized carbons (Fsp3) is 0.444. The van der Waals surface area contributed by atoms with Crippen LogP contribution in [0.25, 0.3) is 11.1 Å². The molecule has 0 amide bonds. The number of halogens is 3. The van der Waals surface area contributed by atoms with Gasteiger partial charge in [0.25, 0.3) is 0 Å². The van der Waals surface area contributed by atoms with Gasteiger partial charge in [0.15, 0.2) is 5.69 Å². The Morgan fingerprint density at radius 3 is 2.46 bits per heavy atom. The third-order valence-corrected chi connectivity index (χ3v) is 7.79. The number of rotatable bonds is 7. The summed E-state index contributed by atoms with van der Waals surface area (Å²) in [6, 6.07) is 6.80. The molecule has 1 aliphatic carbocycles. The molecule has 3 aliphatic rings. The largest absolute Gasteiger partial charge is 0.478 e. The topological polar surface area (TPSA) is 91.3 Å². The van der Waals surface area contributed by atoms with Gasteiger partial charge in [-0.3, -0.25) is 4.98 Å². The van der Waals surface area contributed by atoms with Crippen LogP contribution in [0.3, 0.4) is 0 Å². The van der Waals surface area contributed by atoms with E-state index in [9.17, 15) is 18.0 Å². The number of aromatic nitrogens is 3. The standard InChI is InChI=1S/C27H27F3N4O3/c28-27(29,30)25-20(2-1-9-31-25)21-13-33-24(15-3-4-15)22(21)14-37-19-10-17-6-7-18(11-19)34(17)23-8-5-16(12-32-23)26(35)36/h1-2,5,8-9,12-13,15,17-19,33H,3-4,6-7,10-11,14H2,(H,35,36). The normalized spacial score (nSPS) is 23.4. The predicted molar refractivity (Wildman–Crippen MR) is 129 cm³/mol. The van der Waals surface area contributed by atoms with Crippen molar-refractivity contribution in [1.82, 2.24) is 15.0 Å². The summed E-state index contributed by atoms with van der Waals surface area (Å²) in [4.78, 5) is 24.7. The molecular weight excluding hydrogens is 485 g/mol. The smallest absolute Gasteiger partial charge is 0.433 e. The zero-order valence-corrected chi connectivity index (χ0v) is 20.0. The van der Waals surface area contributed by atoms with Gasteiger partial charge in [0, 0.05) is 53.1 Å². The maximum absolute atomic E-state index is 13.7. The van der Waals surface area contributed by atoms with Crippen LogP contribution in [0.2, 0.25) is 0 Å². The first kappa shape index (κ1) is 24.0. The van der Waals surface area contributed by atoms with Crippen molar-refractivity contribution in [2.45, 2.75) is 75.4 Å². The number of H-pyrrole nitrogens is 1. The number of anilines is 1. The number of alkyl halides is 3. The lowest BCUT2D eigenvalue weighted by molar-refractivity contribution is -0.140. The Hall–Kier alpha value is -3.40. The highest BCUT2D eigenvalue weighted by Gasteiger charge is 2.42. The number of nitrogens with zero attached hydrogens (tertiary/aromatic N) is 3. The van der Waals surface area contributed by atoms with Gasteiger partial charge in [0.05, 0.1) is 18.3 Å². The minimum atomic E-state index is -4.55. The molecule has 2 atom stereocenters. The summed E-state index contributed by atoms with van der Waals surface area (Å²) in [6.07, 6.45) is 5.27. The van der Waals surface area contributed by atoms with E-state index in [2.05, 4.69) is 19.9 Å². The molecule has 6 rings (SSSR count). The first-order valence-electron chi connectivity index (χ1n) is 12.6. The predicted octanol–water partition coefficient (Wildman–Crippen LogP) is 5.78. The highest BCUT2D eigenvalue weighted by Crippen LogP contribution is 2.46. The number of aromatic carboxylic acids is 1. The third-order valence-electron chi connectivity index (χ3n) is 7.79. The Balaban J connectivity index is 1.20. The molecule has 3 aromatic rings. The Morgan fingerprint density at radius 2 is 1.84 bits per heavy atom. The molecule has 0 radical (unpaired) electrons. The second-order valence-corrected chi connectivity index (χ2v) is 10.2. The molecule has 7 nitrogen and oxygen atoms in total. The summed E-state index contributed by atoms with van der Waals surface area (Å²) in [7, 11) is 0. The molecule has 0 spiro atoms. The molecule has 194 valence electrons. The maximum atomic E-state index is 13.7. The van der Waals surface area contributed by atoms with Crippen LogP contribution in [0.15, 0.2) is 42.9 Å². The first-order chi connectivity index (χ1) is 17.8. The van der Waals surface area contributed by atoms with Crippen molar-refractivity contribution >= 4 is 11.8 Å². The molecule has 3 aromatic heterocycles. The van der Waals surface area contributed by atoms with Gasteiger partial charge in [-0.15, -0.1) is 0 Å². The molecule has 3 fully saturated rings. The zero-order chi connectivity index (χ0) is 25.7. The van der Waals surface area contributed by atoms with Crippen LogP contribution >= 0.6 is 0 Å². The van der Waals surface area contributed by atoms with Gasteiger partial charge in [0.1, 0.15) is 5.82 Å². The average Bonchev–Trinajstić information content (AvgIpc) is 3.58. The minimum Gasteiger partial charge on any atom is -0.478 e. The van der Waals surface area contributed by atoms with Gasteiger partial charge < -0.3 is 19.7 Å². The van der Waals surface area contributed by atoms with E-state index < -0.39 is 17.8 Å². The lowest BCUT2D eigenvalue weighted by atomic mass is 9.98. The zero-order valence-electron chi connectivity index (χ0n) is 20.0. The number of hydrogen-bond acceptors (Lipinski definition) is 5. The molecule has 10 heteroatoms. The molecular formula is C27H27F3N4O3.